The Morgan fingerprint density at radius 2 is 2.17 bits per heavy atom. The number of aromatic nitrogens is 1. The molecular weight excluding hydrogens is 248 g/mol. The Morgan fingerprint density at radius 1 is 1.33 bits per heavy atom. The lowest BCUT2D eigenvalue weighted by Gasteiger charge is -2.12. The van der Waals surface area contributed by atoms with E-state index in [0.717, 1.165) is 22.6 Å². The molecule has 0 fully saturated rings. The molecule has 3 nitrogen and oxygen atoms in total. The third kappa shape index (κ3) is 2.93. The van der Waals surface area contributed by atoms with E-state index in [1.165, 1.54) is 0 Å². The molecule has 0 aliphatic rings. The Labute approximate surface area is 112 Å². The number of nitrogens with zero attached hydrogens (tertiary/aromatic N) is 1. The molecule has 0 aliphatic carbocycles. The molecule has 1 aromatic heterocycles. The third-order valence-electron chi connectivity index (χ3n) is 2.75. The normalized spacial score (nSPS) is 10.2. The van der Waals surface area contributed by atoms with E-state index in [2.05, 4.69) is 10.3 Å². The summed E-state index contributed by atoms with van der Waals surface area (Å²) < 4.78 is 5.30. The van der Waals surface area contributed by atoms with Crippen LogP contribution >= 0.6 is 11.6 Å². The fourth-order valence-corrected chi connectivity index (χ4v) is 1.92. The number of benzene rings is 1. The van der Waals surface area contributed by atoms with E-state index >= 15 is 0 Å². The first-order chi connectivity index (χ1) is 8.70. The number of aryl methyl sites for hydroxylation is 1. The summed E-state index contributed by atoms with van der Waals surface area (Å²) in [6.07, 6.45) is 3.59. The molecule has 1 N–H and O–H groups in total. The average molecular weight is 263 g/mol. The molecule has 0 unspecified atom stereocenters. The fraction of sp³-hybridized carbons (Fsp3) is 0.214. The first-order valence-electron chi connectivity index (χ1n) is 5.67. The molecule has 2 rings (SSSR count). The zero-order chi connectivity index (χ0) is 13.0. The van der Waals surface area contributed by atoms with Gasteiger partial charge in [-0.3, -0.25) is 4.98 Å². The van der Waals surface area contributed by atoms with E-state index in [4.69, 9.17) is 16.3 Å². The minimum absolute atomic E-state index is 0.649. The zero-order valence-corrected chi connectivity index (χ0v) is 11.2. The van der Waals surface area contributed by atoms with Gasteiger partial charge in [-0.05, 0) is 36.8 Å². The van der Waals surface area contributed by atoms with Gasteiger partial charge in [-0.15, -0.1) is 0 Å². The molecule has 0 saturated heterocycles. The second-order valence-corrected chi connectivity index (χ2v) is 4.44. The summed E-state index contributed by atoms with van der Waals surface area (Å²) in [6.45, 7) is 2.69. The number of hydrogen-bond acceptors (Lipinski definition) is 3. The van der Waals surface area contributed by atoms with Crippen LogP contribution in [0.1, 0.15) is 11.1 Å². The van der Waals surface area contributed by atoms with Crippen molar-refractivity contribution in [3.05, 3.63) is 52.8 Å². The van der Waals surface area contributed by atoms with Crippen LogP contribution in [-0.4, -0.2) is 12.1 Å². The maximum Gasteiger partial charge on any atom is 0.123 e. The van der Waals surface area contributed by atoms with Gasteiger partial charge in [0.25, 0.3) is 0 Å². The van der Waals surface area contributed by atoms with Gasteiger partial charge in [-0.1, -0.05) is 11.6 Å². The van der Waals surface area contributed by atoms with Crippen molar-refractivity contribution in [1.29, 1.82) is 0 Å². The number of methoxy groups -OCH3 is 1. The monoisotopic (exact) mass is 262 g/mol. The Kier molecular flexibility index (Phi) is 4.05. The van der Waals surface area contributed by atoms with Crippen molar-refractivity contribution in [3.8, 4) is 5.75 Å². The van der Waals surface area contributed by atoms with Gasteiger partial charge < -0.3 is 10.1 Å². The number of pyridine rings is 1. The van der Waals surface area contributed by atoms with Gasteiger partial charge in [0.05, 0.1) is 19.0 Å². The van der Waals surface area contributed by atoms with Gasteiger partial charge >= 0.3 is 0 Å². The zero-order valence-electron chi connectivity index (χ0n) is 10.4. The van der Waals surface area contributed by atoms with Gasteiger partial charge in [-0.2, -0.15) is 0 Å². The maximum absolute atomic E-state index is 5.99. The molecule has 18 heavy (non-hydrogen) atoms. The van der Waals surface area contributed by atoms with Crippen LogP contribution in [0.15, 0.2) is 36.7 Å². The van der Waals surface area contributed by atoms with Crippen molar-refractivity contribution in [3.63, 3.8) is 0 Å². The largest absolute Gasteiger partial charge is 0.496 e. The lowest BCUT2D eigenvalue weighted by atomic mass is 10.2. The lowest BCUT2D eigenvalue weighted by molar-refractivity contribution is 0.410. The predicted molar refractivity (Wildman–Crippen MR) is 74.3 cm³/mol. The topological polar surface area (TPSA) is 34.1 Å². The highest BCUT2D eigenvalue weighted by Crippen LogP contribution is 2.24. The summed E-state index contributed by atoms with van der Waals surface area (Å²) >= 11 is 5.99. The number of anilines is 1. The number of halogens is 1. The van der Waals surface area contributed by atoms with Gasteiger partial charge in [0.1, 0.15) is 5.75 Å². The molecule has 2 aromatic rings. The van der Waals surface area contributed by atoms with Crippen LogP contribution < -0.4 is 10.1 Å². The lowest BCUT2D eigenvalue weighted by Crippen LogP contribution is -2.03. The molecule has 94 valence electrons. The predicted octanol–water partition coefficient (Wildman–Crippen LogP) is 3.66. The van der Waals surface area contributed by atoms with Crippen molar-refractivity contribution in [2.75, 3.05) is 12.4 Å². The fourth-order valence-electron chi connectivity index (χ4n) is 1.72. The van der Waals surface area contributed by atoms with E-state index in [-0.39, 0.29) is 0 Å². The number of rotatable bonds is 4. The maximum atomic E-state index is 5.99. The van der Waals surface area contributed by atoms with E-state index in [0.29, 0.717) is 11.6 Å². The van der Waals surface area contributed by atoms with E-state index in [1.54, 1.807) is 13.3 Å². The molecule has 0 atom stereocenters. The highest BCUT2D eigenvalue weighted by Gasteiger charge is 2.04. The molecule has 1 heterocycles. The molecule has 0 bridgehead atoms. The number of ether oxygens (including phenoxy) is 1. The van der Waals surface area contributed by atoms with E-state index in [1.807, 2.05) is 37.4 Å². The average Bonchev–Trinajstić information content (AvgIpc) is 2.38. The molecule has 4 heteroatoms. The summed E-state index contributed by atoms with van der Waals surface area (Å²) in [5.74, 6) is 0.827. The summed E-state index contributed by atoms with van der Waals surface area (Å²) in [5, 5.41) is 4.03. The van der Waals surface area contributed by atoms with Crippen LogP contribution in [0.5, 0.6) is 5.75 Å². The molecule has 1 aromatic carbocycles. The first-order valence-corrected chi connectivity index (χ1v) is 6.05. The standard InChI is InChI=1S/C14H15ClN2O/c1-10-5-6-16-9-13(10)17-8-11-7-12(15)3-4-14(11)18-2/h3-7,9,17H,8H2,1-2H3. The number of hydrogen-bond donors (Lipinski definition) is 1. The van der Waals surface area contributed by atoms with Gasteiger partial charge in [-0.25, -0.2) is 0 Å². The van der Waals surface area contributed by atoms with E-state index in [9.17, 15) is 0 Å². The van der Waals surface area contributed by atoms with Crippen molar-refractivity contribution >= 4 is 17.3 Å². The van der Waals surface area contributed by atoms with Gasteiger partial charge in [0, 0.05) is 23.3 Å². The minimum atomic E-state index is 0.649. The SMILES string of the molecule is COc1ccc(Cl)cc1CNc1cnccc1C. The second-order valence-electron chi connectivity index (χ2n) is 4.00. The van der Waals surface area contributed by atoms with Crippen LogP contribution in [0.2, 0.25) is 5.02 Å². The summed E-state index contributed by atoms with van der Waals surface area (Å²) in [6, 6.07) is 7.56. The van der Waals surface area contributed by atoms with Crippen molar-refractivity contribution in [2.24, 2.45) is 0 Å². The summed E-state index contributed by atoms with van der Waals surface area (Å²) in [5.41, 5.74) is 3.19. The van der Waals surface area contributed by atoms with Crippen LogP contribution in [-0.2, 0) is 6.54 Å². The molecule has 0 spiro atoms. The Morgan fingerprint density at radius 3 is 2.89 bits per heavy atom. The quantitative estimate of drug-likeness (QED) is 0.913. The molecule has 0 amide bonds. The van der Waals surface area contributed by atoms with Crippen molar-refractivity contribution < 1.29 is 4.74 Å². The molecule has 0 saturated carbocycles. The number of nitrogens with one attached hydrogen (secondary N) is 1. The first kappa shape index (κ1) is 12.7. The van der Waals surface area contributed by atoms with Crippen molar-refractivity contribution in [2.45, 2.75) is 13.5 Å². The minimum Gasteiger partial charge on any atom is -0.496 e. The Balaban J connectivity index is 2.15. The van der Waals surface area contributed by atoms with Gasteiger partial charge in [0.15, 0.2) is 0 Å². The van der Waals surface area contributed by atoms with Crippen LogP contribution in [0.25, 0.3) is 0 Å². The van der Waals surface area contributed by atoms with Crippen LogP contribution in [0.3, 0.4) is 0 Å². The Bertz CT molecular complexity index is 543. The highest BCUT2D eigenvalue weighted by molar-refractivity contribution is 6.30. The summed E-state index contributed by atoms with van der Waals surface area (Å²) in [7, 11) is 1.65. The smallest absolute Gasteiger partial charge is 0.123 e. The third-order valence-corrected chi connectivity index (χ3v) is 2.99. The van der Waals surface area contributed by atoms with Crippen LogP contribution in [0, 0.1) is 6.92 Å². The summed E-state index contributed by atoms with van der Waals surface area (Å²) in [4.78, 5) is 4.10. The molecule has 0 aliphatic heterocycles. The van der Waals surface area contributed by atoms with Gasteiger partial charge in [0.2, 0.25) is 0 Å². The van der Waals surface area contributed by atoms with E-state index < -0.39 is 0 Å². The second kappa shape index (κ2) is 5.74. The molecular formula is C14H15ClN2O. The highest BCUT2D eigenvalue weighted by atomic mass is 35.5. The molecule has 0 radical (unpaired) electrons. The van der Waals surface area contributed by atoms with Crippen LogP contribution in [0.4, 0.5) is 5.69 Å². The van der Waals surface area contributed by atoms with Crippen molar-refractivity contribution in [1.82, 2.24) is 4.98 Å². The Hall–Kier alpha value is -1.74.